The summed E-state index contributed by atoms with van der Waals surface area (Å²) in [6.45, 7) is 0. The molecule has 1 aromatic carbocycles. The molecule has 0 aliphatic rings. The lowest BCUT2D eigenvalue weighted by Crippen LogP contribution is -1.93. The van der Waals surface area contributed by atoms with Gasteiger partial charge in [0.2, 0.25) is 0 Å². The number of aromatic nitrogens is 1. The molecule has 0 N–H and O–H groups in total. The SMILES string of the molecule is N#Cc1nc(C=O)ccc1-c1ccccc1. The van der Waals surface area contributed by atoms with Gasteiger partial charge in [0.25, 0.3) is 0 Å². The normalized spacial score (nSPS) is 9.44. The maximum atomic E-state index is 10.6. The fourth-order valence-corrected chi connectivity index (χ4v) is 1.48. The van der Waals surface area contributed by atoms with Crippen molar-refractivity contribution in [1.29, 1.82) is 5.26 Å². The molecule has 16 heavy (non-hydrogen) atoms. The first-order valence-electron chi connectivity index (χ1n) is 4.77. The maximum Gasteiger partial charge on any atom is 0.168 e. The van der Waals surface area contributed by atoms with E-state index >= 15 is 0 Å². The minimum atomic E-state index is 0.274. The van der Waals surface area contributed by atoms with Crippen LogP contribution in [0.15, 0.2) is 42.5 Å². The van der Waals surface area contributed by atoms with Gasteiger partial charge in [0.1, 0.15) is 17.5 Å². The fourth-order valence-electron chi connectivity index (χ4n) is 1.48. The van der Waals surface area contributed by atoms with Gasteiger partial charge in [0.05, 0.1) is 0 Å². The van der Waals surface area contributed by atoms with Crippen LogP contribution in [0.3, 0.4) is 0 Å². The van der Waals surface area contributed by atoms with E-state index < -0.39 is 0 Å². The van der Waals surface area contributed by atoms with E-state index in [9.17, 15) is 4.79 Å². The molecule has 0 radical (unpaired) electrons. The van der Waals surface area contributed by atoms with Gasteiger partial charge < -0.3 is 0 Å². The van der Waals surface area contributed by atoms with Crippen molar-refractivity contribution in [1.82, 2.24) is 4.98 Å². The minimum Gasteiger partial charge on any atom is -0.296 e. The van der Waals surface area contributed by atoms with Crippen LogP contribution >= 0.6 is 0 Å². The Morgan fingerprint density at radius 2 is 1.88 bits per heavy atom. The number of rotatable bonds is 2. The molecule has 3 heteroatoms. The quantitative estimate of drug-likeness (QED) is 0.712. The second-order valence-electron chi connectivity index (χ2n) is 3.23. The van der Waals surface area contributed by atoms with E-state index in [-0.39, 0.29) is 11.4 Å². The van der Waals surface area contributed by atoms with Crippen molar-refractivity contribution < 1.29 is 4.79 Å². The lowest BCUT2D eigenvalue weighted by atomic mass is 10.0. The summed E-state index contributed by atoms with van der Waals surface area (Å²) in [7, 11) is 0. The lowest BCUT2D eigenvalue weighted by molar-refractivity contribution is 0.111. The van der Waals surface area contributed by atoms with Crippen molar-refractivity contribution in [2.75, 3.05) is 0 Å². The van der Waals surface area contributed by atoms with Crippen LogP contribution in [0.4, 0.5) is 0 Å². The van der Waals surface area contributed by atoms with Gasteiger partial charge in [-0.15, -0.1) is 0 Å². The second kappa shape index (κ2) is 4.37. The highest BCUT2D eigenvalue weighted by molar-refractivity contribution is 5.76. The van der Waals surface area contributed by atoms with Gasteiger partial charge in [0.15, 0.2) is 6.29 Å². The third-order valence-electron chi connectivity index (χ3n) is 2.23. The Balaban J connectivity index is 2.59. The molecule has 0 fully saturated rings. The molecule has 76 valence electrons. The summed E-state index contributed by atoms with van der Waals surface area (Å²) in [4.78, 5) is 14.5. The van der Waals surface area contributed by atoms with Crippen molar-refractivity contribution in [2.24, 2.45) is 0 Å². The van der Waals surface area contributed by atoms with Crippen molar-refractivity contribution in [3.05, 3.63) is 53.9 Å². The van der Waals surface area contributed by atoms with E-state index in [1.807, 2.05) is 36.4 Å². The number of benzene rings is 1. The molecule has 0 atom stereocenters. The summed E-state index contributed by atoms with van der Waals surface area (Å²) in [5.74, 6) is 0. The van der Waals surface area contributed by atoms with E-state index in [4.69, 9.17) is 5.26 Å². The summed E-state index contributed by atoms with van der Waals surface area (Å²) in [6.07, 6.45) is 0.635. The Hall–Kier alpha value is -2.47. The molecule has 2 aromatic rings. The number of aldehydes is 1. The van der Waals surface area contributed by atoms with Crippen LogP contribution in [0.5, 0.6) is 0 Å². The number of pyridine rings is 1. The number of nitriles is 1. The Morgan fingerprint density at radius 3 is 2.50 bits per heavy atom. The molecule has 0 bridgehead atoms. The molecule has 0 saturated heterocycles. The first kappa shape index (κ1) is 10.1. The summed E-state index contributed by atoms with van der Waals surface area (Å²) in [5, 5.41) is 8.97. The second-order valence-corrected chi connectivity index (χ2v) is 3.23. The van der Waals surface area contributed by atoms with Crippen LogP contribution in [0, 0.1) is 11.3 Å². The number of carbonyl (C=O) groups excluding carboxylic acids is 1. The van der Waals surface area contributed by atoms with E-state index in [0.717, 1.165) is 11.1 Å². The molecule has 0 aliphatic carbocycles. The summed E-state index contributed by atoms with van der Waals surface area (Å²) in [5.41, 5.74) is 2.21. The molecule has 0 spiro atoms. The van der Waals surface area contributed by atoms with Crippen LogP contribution < -0.4 is 0 Å². The van der Waals surface area contributed by atoms with Gasteiger partial charge in [-0.2, -0.15) is 5.26 Å². The van der Waals surface area contributed by atoms with Gasteiger partial charge >= 0.3 is 0 Å². The maximum absolute atomic E-state index is 10.6. The Labute approximate surface area is 93.0 Å². The third kappa shape index (κ3) is 1.82. The van der Waals surface area contributed by atoms with Crippen LogP contribution in [-0.2, 0) is 0 Å². The molecule has 0 unspecified atom stereocenters. The Kier molecular flexibility index (Phi) is 2.75. The molecule has 2 rings (SSSR count). The number of hydrogen-bond donors (Lipinski definition) is 0. The Morgan fingerprint density at radius 1 is 1.12 bits per heavy atom. The first-order valence-corrected chi connectivity index (χ1v) is 4.77. The molecule has 0 saturated carbocycles. The van der Waals surface area contributed by atoms with E-state index in [1.54, 1.807) is 12.1 Å². The monoisotopic (exact) mass is 208 g/mol. The highest BCUT2D eigenvalue weighted by Gasteiger charge is 2.06. The highest BCUT2D eigenvalue weighted by atomic mass is 16.1. The summed E-state index contributed by atoms with van der Waals surface area (Å²) < 4.78 is 0. The molecule has 1 aromatic heterocycles. The lowest BCUT2D eigenvalue weighted by Gasteiger charge is -2.03. The summed E-state index contributed by atoms with van der Waals surface area (Å²) >= 11 is 0. The van der Waals surface area contributed by atoms with E-state index in [0.29, 0.717) is 6.29 Å². The number of carbonyl (C=O) groups is 1. The molecule has 0 aliphatic heterocycles. The van der Waals surface area contributed by atoms with Crippen molar-refractivity contribution >= 4 is 6.29 Å². The third-order valence-corrected chi connectivity index (χ3v) is 2.23. The van der Waals surface area contributed by atoms with Crippen LogP contribution in [0.2, 0.25) is 0 Å². The van der Waals surface area contributed by atoms with Gasteiger partial charge in [-0.3, -0.25) is 4.79 Å². The molecule has 1 heterocycles. The van der Waals surface area contributed by atoms with Crippen LogP contribution in [-0.4, -0.2) is 11.3 Å². The molecule has 0 amide bonds. The summed E-state index contributed by atoms with van der Waals surface area (Å²) in [6, 6.07) is 14.8. The van der Waals surface area contributed by atoms with Gasteiger partial charge in [-0.05, 0) is 17.7 Å². The zero-order chi connectivity index (χ0) is 11.4. The van der Waals surface area contributed by atoms with Gasteiger partial charge in [-0.1, -0.05) is 30.3 Å². The van der Waals surface area contributed by atoms with Crippen molar-refractivity contribution in [2.45, 2.75) is 0 Å². The average molecular weight is 208 g/mol. The molecule has 3 nitrogen and oxygen atoms in total. The number of hydrogen-bond acceptors (Lipinski definition) is 3. The highest BCUT2D eigenvalue weighted by Crippen LogP contribution is 2.21. The molecular formula is C13H8N2O. The zero-order valence-corrected chi connectivity index (χ0v) is 8.42. The van der Waals surface area contributed by atoms with Gasteiger partial charge in [-0.25, -0.2) is 4.98 Å². The van der Waals surface area contributed by atoms with E-state index in [1.165, 1.54) is 0 Å². The Bertz CT molecular complexity index is 556. The van der Waals surface area contributed by atoms with Crippen LogP contribution in [0.1, 0.15) is 16.2 Å². The molecular weight excluding hydrogens is 200 g/mol. The zero-order valence-electron chi connectivity index (χ0n) is 8.42. The predicted molar refractivity (Wildman–Crippen MR) is 59.8 cm³/mol. The van der Waals surface area contributed by atoms with Crippen LogP contribution in [0.25, 0.3) is 11.1 Å². The smallest absolute Gasteiger partial charge is 0.168 e. The van der Waals surface area contributed by atoms with Gasteiger partial charge in [0, 0.05) is 5.56 Å². The largest absolute Gasteiger partial charge is 0.296 e. The van der Waals surface area contributed by atoms with Crippen molar-refractivity contribution in [3.63, 3.8) is 0 Å². The average Bonchev–Trinajstić information content (AvgIpc) is 2.39. The topological polar surface area (TPSA) is 53.8 Å². The standard InChI is InChI=1S/C13H8N2O/c14-8-13-12(7-6-11(9-16)15-13)10-4-2-1-3-5-10/h1-7,9H. The number of nitrogens with zero attached hydrogens (tertiary/aromatic N) is 2. The minimum absolute atomic E-state index is 0.274. The predicted octanol–water partition coefficient (Wildman–Crippen LogP) is 2.43. The van der Waals surface area contributed by atoms with E-state index in [2.05, 4.69) is 4.98 Å². The van der Waals surface area contributed by atoms with Crippen molar-refractivity contribution in [3.8, 4) is 17.2 Å². The first-order chi connectivity index (χ1) is 7.85. The fraction of sp³-hybridized carbons (Fsp3) is 0.